The van der Waals surface area contributed by atoms with Crippen LogP contribution in [0.5, 0.6) is 0 Å². The summed E-state index contributed by atoms with van der Waals surface area (Å²) in [6.45, 7) is 3.99. The molecule has 4 nitrogen and oxygen atoms in total. The number of allylic oxidation sites excluding steroid dienone is 1. The van der Waals surface area contributed by atoms with Crippen molar-refractivity contribution in [3.8, 4) is 0 Å². The lowest BCUT2D eigenvalue weighted by Gasteiger charge is -2.21. The second-order valence-electron chi connectivity index (χ2n) is 7.44. The molecule has 2 unspecified atom stereocenters. The molecule has 1 fully saturated rings. The fourth-order valence-corrected chi connectivity index (χ4v) is 3.75. The van der Waals surface area contributed by atoms with Gasteiger partial charge in [0.2, 0.25) is 11.8 Å². The van der Waals surface area contributed by atoms with Crippen LogP contribution in [0.2, 0.25) is 0 Å². The summed E-state index contributed by atoms with van der Waals surface area (Å²) in [5.41, 5.74) is 2.60. The molecule has 1 saturated carbocycles. The molecule has 4 heteroatoms. The lowest BCUT2D eigenvalue weighted by Crippen LogP contribution is -2.34. The Morgan fingerprint density at radius 3 is 2.65 bits per heavy atom. The lowest BCUT2D eigenvalue weighted by atomic mass is 9.97. The van der Waals surface area contributed by atoms with Crippen molar-refractivity contribution in [2.75, 3.05) is 13.1 Å². The van der Waals surface area contributed by atoms with E-state index in [4.69, 9.17) is 0 Å². The molecular formula is C22H30N2O2. The van der Waals surface area contributed by atoms with Gasteiger partial charge in [0, 0.05) is 19.6 Å². The summed E-state index contributed by atoms with van der Waals surface area (Å²) in [6.07, 6.45) is 8.88. The molecule has 0 spiro atoms. The number of rotatable bonds is 8. The van der Waals surface area contributed by atoms with Gasteiger partial charge in [-0.3, -0.25) is 9.59 Å². The van der Waals surface area contributed by atoms with Crippen LogP contribution in [0.15, 0.2) is 42.0 Å². The minimum absolute atomic E-state index is 0.0514. The zero-order chi connectivity index (χ0) is 18.4. The van der Waals surface area contributed by atoms with Gasteiger partial charge in [0.1, 0.15) is 0 Å². The number of carbonyl (C=O) groups excluding carboxylic acids is 2. The molecule has 2 aliphatic carbocycles. The van der Waals surface area contributed by atoms with Crippen molar-refractivity contribution in [2.45, 2.75) is 52.0 Å². The van der Waals surface area contributed by atoms with Gasteiger partial charge < -0.3 is 10.2 Å². The van der Waals surface area contributed by atoms with Crippen molar-refractivity contribution < 1.29 is 9.59 Å². The topological polar surface area (TPSA) is 49.4 Å². The SMILES string of the molecule is CCN(Cc1ccccc1)C(=O)C1CC1C(=O)NCCC1=CCCCC1. The number of nitrogens with zero attached hydrogens (tertiary/aromatic N) is 1. The molecule has 0 aliphatic heterocycles. The van der Waals surface area contributed by atoms with E-state index in [-0.39, 0.29) is 23.7 Å². The van der Waals surface area contributed by atoms with Crippen LogP contribution in [0.3, 0.4) is 0 Å². The third-order valence-corrected chi connectivity index (χ3v) is 5.48. The smallest absolute Gasteiger partial charge is 0.226 e. The number of carbonyl (C=O) groups is 2. The van der Waals surface area contributed by atoms with Crippen LogP contribution >= 0.6 is 0 Å². The first kappa shape index (κ1) is 18.7. The molecule has 1 N–H and O–H groups in total. The van der Waals surface area contributed by atoms with Gasteiger partial charge in [-0.2, -0.15) is 0 Å². The molecular weight excluding hydrogens is 324 g/mol. The highest BCUT2D eigenvalue weighted by atomic mass is 16.2. The van der Waals surface area contributed by atoms with E-state index in [0.29, 0.717) is 26.1 Å². The molecule has 0 radical (unpaired) electrons. The number of benzene rings is 1. The summed E-state index contributed by atoms with van der Waals surface area (Å²) in [7, 11) is 0. The monoisotopic (exact) mass is 354 g/mol. The van der Waals surface area contributed by atoms with Crippen LogP contribution in [0.25, 0.3) is 0 Å². The zero-order valence-electron chi connectivity index (χ0n) is 15.7. The summed E-state index contributed by atoms with van der Waals surface area (Å²) in [4.78, 5) is 26.9. The van der Waals surface area contributed by atoms with Gasteiger partial charge >= 0.3 is 0 Å². The summed E-state index contributed by atoms with van der Waals surface area (Å²) < 4.78 is 0. The molecule has 2 atom stereocenters. The van der Waals surface area contributed by atoms with E-state index in [9.17, 15) is 9.59 Å². The zero-order valence-corrected chi connectivity index (χ0v) is 15.7. The first-order valence-electron chi connectivity index (χ1n) is 9.97. The number of nitrogens with one attached hydrogen (secondary N) is 1. The Morgan fingerprint density at radius 2 is 1.96 bits per heavy atom. The molecule has 26 heavy (non-hydrogen) atoms. The second-order valence-corrected chi connectivity index (χ2v) is 7.44. The van der Waals surface area contributed by atoms with E-state index in [1.807, 2.05) is 42.2 Å². The molecule has 0 heterocycles. The minimum Gasteiger partial charge on any atom is -0.356 e. The molecule has 2 aliphatic rings. The van der Waals surface area contributed by atoms with Crippen LogP contribution in [-0.4, -0.2) is 29.8 Å². The van der Waals surface area contributed by atoms with Gasteiger partial charge in [-0.15, -0.1) is 0 Å². The van der Waals surface area contributed by atoms with Gasteiger partial charge in [0.25, 0.3) is 0 Å². The third-order valence-electron chi connectivity index (χ3n) is 5.48. The Balaban J connectivity index is 1.43. The van der Waals surface area contributed by atoms with E-state index in [1.54, 1.807) is 0 Å². The summed E-state index contributed by atoms with van der Waals surface area (Å²) >= 11 is 0. The van der Waals surface area contributed by atoms with Gasteiger partial charge in [-0.25, -0.2) is 0 Å². The summed E-state index contributed by atoms with van der Waals surface area (Å²) in [5.74, 6) is -0.0952. The first-order valence-corrected chi connectivity index (χ1v) is 9.97. The Labute approximate surface area is 156 Å². The van der Waals surface area contributed by atoms with E-state index in [1.165, 1.54) is 31.3 Å². The molecule has 1 aromatic rings. The van der Waals surface area contributed by atoms with Crippen LogP contribution < -0.4 is 5.32 Å². The van der Waals surface area contributed by atoms with Gasteiger partial charge in [0.05, 0.1) is 11.8 Å². The molecule has 140 valence electrons. The maximum atomic E-state index is 12.7. The second kappa shape index (κ2) is 9.02. The molecule has 3 rings (SSSR count). The Kier molecular flexibility index (Phi) is 6.48. The maximum absolute atomic E-state index is 12.7. The van der Waals surface area contributed by atoms with Crippen LogP contribution in [-0.2, 0) is 16.1 Å². The number of hydrogen-bond donors (Lipinski definition) is 1. The van der Waals surface area contributed by atoms with Crippen molar-refractivity contribution in [1.82, 2.24) is 10.2 Å². The fraction of sp³-hybridized carbons (Fsp3) is 0.545. The fourth-order valence-electron chi connectivity index (χ4n) is 3.75. The van der Waals surface area contributed by atoms with Crippen LogP contribution in [0.1, 0.15) is 51.0 Å². The standard InChI is InChI=1S/C22H30N2O2/c1-2-24(16-18-11-7-4-8-12-18)22(26)20-15-19(20)21(25)23-14-13-17-9-5-3-6-10-17/h4,7-9,11-12,19-20H,2-3,5-6,10,13-16H2,1H3,(H,23,25). The molecule has 0 bridgehead atoms. The maximum Gasteiger partial charge on any atom is 0.226 e. The minimum atomic E-state index is -0.132. The molecule has 0 aromatic heterocycles. The molecule has 1 aromatic carbocycles. The Hall–Kier alpha value is -2.10. The summed E-state index contributed by atoms with van der Waals surface area (Å²) in [6, 6.07) is 10.0. The van der Waals surface area contributed by atoms with Gasteiger partial charge in [-0.1, -0.05) is 42.0 Å². The predicted molar refractivity (Wildman–Crippen MR) is 103 cm³/mol. The molecule has 2 amide bonds. The average molecular weight is 354 g/mol. The van der Waals surface area contributed by atoms with Gasteiger partial charge in [0.15, 0.2) is 0 Å². The first-order chi connectivity index (χ1) is 12.7. The average Bonchev–Trinajstić information content (AvgIpc) is 3.48. The Bertz CT molecular complexity index is 653. The largest absolute Gasteiger partial charge is 0.356 e. The van der Waals surface area contributed by atoms with Crippen LogP contribution in [0.4, 0.5) is 0 Å². The predicted octanol–water partition coefficient (Wildman–Crippen LogP) is 3.68. The number of amides is 2. The highest BCUT2D eigenvalue weighted by molar-refractivity contribution is 5.92. The lowest BCUT2D eigenvalue weighted by molar-refractivity contribution is -0.135. The van der Waals surface area contributed by atoms with E-state index < -0.39 is 0 Å². The molecule has 0 saturated heterocycles. The highest BCUT2D eigenvalue weighted by Gasteiger charge is 2.49. The third kappa shape index (κ3) is 4.96. The van der Waals surface area contributed by atoms with Crippen molar-refractivity contribution in [1.29, 1.82) is 0 Å². The van der Waals surface area contributed by atoms with Crippen molar-refractivity contribution in [3.05, 3.63) is 47.5 Å². The quantitative estimate of drug-likeness (QED) is 0.724. The summed E-state index contributed by atoms with van der Waals surface area (Å²) in [5, 5.41) is 3.03. The number of hydrogen-bond acceptors (Lipinski definition) is 2. The van der Waals surface area contributed by atoms with Crippen LogP contribution in [0, 0.1) is 11.8 Å². The van der Waals surface area contributed by atoms with Crippen molar-refractivity contribution in [3.63, 3.8) is 0 Å². The van der Waals surface area contributed by atoms with E-state index >= 15 is 0 Å². The highest BCUT2D eigenvalue weighted by Crippen LogP contribution is 2.40. The van der Waals surface area contributed by atoms with Crippen molar-refractivity contribution >= 4 is 11.8 Å². The van der Waals surface area contributed by atoms with Gasteiger partial charge in [-0.05, 0) is 51.0 Å². The van der Waals surface area contributed by atoms with Crippen molar-refractivity contribution in [2.24, 2.45) is 11.8 Å². The van der Waals surface area contributed by atoms with E-state index in [0.717, 1.165) is 12.0 Å². The van der Waals surface area contributed by atoms with E-state index in [2.05, 4.69) is 11.4 Å². The normalized spacial score (nSPS) is 21.7. The Morgan fingerprint density at radius 1 is 1.15 bits per heavy atom.